The molecule has 0 radical (unpaired) electrons. The molecule has 4 nitrogen and oxygen atoms in total. The highest BCUT2D eigenvalue weighted by Crippen LogP contribution is 2.15. The Kier molecular flexibility index (Phi) is 7.17. The van der Waals surface area contributed by atoms with Gasteiger partial charge < -0.3 is 14.8 Å². The van der Waals surface area contributed by atoms with Gasteiger partial charge in [0.25, 0.3) is 5.91 Å². The number of halogens is 3. The third-order valence-electron chi connectivity index (χ3n) is 2.70. The lowest BCUT2D eigenvalue weighted by molar-refractivity contribution is -0.174. The van der Waals surface area contributed by atoms with Crippen LogP contribution in [-0.2, 0) is 9.53 Å². The SMILES string of the molecule is Cc1cccc(OC(C)C(=O)NCCCOCC(F)(F)F)c1. The summed E-state index contributed by atoms with van der Waals surface area (Å²) in [5.74, 6) is 0.272. The third kappa shape index (κ3) is 7.87. The zero-order chi connectivity index (χ0) is 16.6. The van der Waals surface area contributed by atoms with Crippen LogP contribution in [0.3, 0.4) is 0 Å². The molecule has 0 aliphatic heterocycles. The van der Waals surface area contributed by atoms with E-state index in [0.717, 1.165) is 5.56 Å². The summed E-state index contributed by atoms with van der Waals surface area (Å²) in [6.07, 6.45) is -4.70. The molecule has 0 saturated carbocycles. The Hall–Kier alpha value is -1.76. The van der Waals surface area contributed by atoms with Gasteiger partial charge >= 0.3 is 6.18 Å². The Labute approximate surface area is 127 Å². The Morgan fingerprint density at radius 1 is 1.36 bits per heavy atom. The van der Waals surface area contributed by atoms with Crippen LogP contribution in [0, 0.1) is 6.92 Å². The van der Waals surface area contributed by atoms with E-state index in [0.29, 0.717) is 12.2 Å². The number of nitrogens with one attached hydrogen (secondary N) is 1. The minimum Gasteiger partial charge on any atom is -0.481 e. The smallest absolute Gasteiger partial charge is 0.411 e. The van der Waals surface area contributed by atoms with Crippen LogP contribution in [0.4, 0.5) is 13.2 Å². The van der Waals surface area contributed by atoms with Gasteiger partial charge in [0, 0.05) is 13.2 Å². The molecule has 124 valence electrons. The van der Waals surface area contributed by atoms with Crippen LogP contribution in [0.5, 0.6) is 5.75 Å². The molecule has 1 unspecified atom stereocenters. The maximum absolute atomic E-state index is 11.8. The lowest BCUT2D eigenvalue weighted by Gasteiger charge is -2.15. The van der Waals surface area contributed by atoms with Gasteiger partial charge in [-0.05, 0) is 38.0 Å². The van der Waals surface area contributed by atoms with Crippen molar-refractivity contribution in [2.45, 2.75) is 32.5 Å². The molecule has 1 rings (SSSR count). The van der Waals surface area contributed by atoms with Crippen molar-refractivity contribution in [2.24, 2.45) is 0 Å². The molecular formula is C15H20F3NO3. The fourth-order valence-corrected chi connectivity index (χ4v) is 1.66. The zero-order valence-electron chi connectivity index (χ0n) is 12.6. The van der Waals surface area contributed by atoms with Crippen molar-refractivity contribution in [3.8, 4) is 5.75 Å². The lowest BCUT2D eigenvalue weighted by atomic mass is 10.2. The van der Waals surface area contributed by atoms with Crippen LogP contribution >= 0.6 is 0 Å². The number of amides is 1. The van der Waals surface area contributed by atoms with Crippen LogP contribution in [0.2, 0.25) is 0 Å². The highest BCUT2D eigenvalue weighted by molar-refractivity contribution is 5.80. The molecule has 7 heteroatoms. The third-order valence-corrected chi connectivity index (χ3v) is 2.70. The summed E-state index contributed by atoms with van der Waals surface area (Å²) < 4.78 is 45.4. The molecule has 1 aromatic rings. The molecule has 22 heavy (non-hydrogen) atoms. The molecule has 1 aromatic carbocycles. The topological polar surface area (TPSA) is 47.6 Å². The van der Waals surface area contributed by atoms with E-state index in [1.54, 1.807) is 13.0 Å². The Balaban J connectivity index is 2.19. The maximum Gasteiger partial charge on any atom is 0.411 e. The van der Waals surface area contributed by atoms with Gasteiger partial charge in [0.05, 0.1) is 0 Å². The average molecular weight is 319 g/mol. The van der Waals surface area contributed by atoms with E-state index >= 15 is 0 Å². The van der Waals surface area contributed by atoms with E-state index in [2.05, 4.69) is 10.1 Å². The molecule has 1 amide bonds. The Morgan fingerprint density at radius 2 is 2.09 bits per heavy atom. The van der Waals surface area contributed by atoms with Crippen LogP contribution < -0.4 is 10.1 Å². The molecular weight excluding hydrogens is 299 g/mol. The highest BCUT2D eigenvalue weighted by Gasteiger charge is 2.27. The second-order valence-electron chi connectivity index (χ2n) is 4.89. The molecule has 1 atom stereocenters. The first-order valence-corrected chi connectivity index (χ1v) is 6.93. The van der Waals surface area contributed by atoms with Crippen LogP contribution in [0.25, 0.3) is 0 Å². The summed E-state index contributed by atoms with van der Waals surface area (Å²) in [6, 6.07) is 7.31. The highest BCUT2D eigenvalue weighted by atomic mass is 19.4. The first-order chi connectivity index (χ1) is 10.3. The fourth-order valence-electron chi connectivity index (χ4n) is 1.66. The second-order valence-corrected chi connectivity index (χ2v) is 4.89. The number of aryl methyl sites for hydroxylation is 1. The number of benzene rings is 1. The predicted octanol–water partition coefficient (Wildman–Crippen LogP) is 2.85. The summed E-state index contributed by atoms with van der Waals surface area (Å²) in [4.78, 5) is 11.8. The van der Waals surface area contributed by atoms with E-state index in [9.17, 15) is 18.0 Å². The van der Waals surface area contributed by atoms with Crippen molar-refractivity contribution >= 4 is 5.91 Å². The fraction of sp³-hybridized carbons (Fsp3) is 0.533. The number of carbonyl (C=O) groups is 1. The largest absolute Gasteiger partial charge is 0.481 e. The van der Waals surface area contributed by atoms with Crippen molar-refractivity contribution in [1.82, 2.24) is 5.32 Å². The van der Waals surface area contributed by atoms with Crippen LogP contribution in [-0.4, -0.2) is 37.9 Å². The number of alkyl halides is 3. The van der Waals surface area contributed by atoms with Crippen molar-refractivity contribution in [3.05, 3.63) is 29.8 Å². The van der Waals surface area contributed by atoms with E-state index in [-0.39, 0.29) is 19.1 Å². The number of rotatable bonds is 8. The van der Waals surface area contributed by atoms with Gasteiger partial charge in [0.15, 0.2) is 6.10 Å². The summed E-state index contributed by atoms with van der Waals surface area (Å²) in [7, 11) is 0. The lowest BCUT2D eigenvalue weighted by Crippen LogP contribution is -2.37. The van der Waals surface area contributed by atoms with E-state index in [1.165, 1.54) is 0 Å². The summed E-state index contributed by atoms with van der Waals surface area (Å²) in [6.45, 7) is 2.43. The molecule has 0 heterocycles. The minimum absolute atomic E-state index is 0.0626. The van der Waals surface area contributed by atoms with Crippen molar-refractivity contribution < 1.29 is 27.4 Å². The average Bonchev–Trinajstić information content (AvgIpc) is 2.41. The summed E-state index contributed by atoms with van der Waals surface area (Å²) >= 11 is 0. The molecule has 0 aliphatic rings. The first kappa shape index (κ1) is 18.3. The molecule has 0 aromatic heterocycles. The number of ether oxygens (including phenoxy) is 2. The van der Waals surface area contributed by atoms with Crippen LogP contribution in [0.15, 0.2) is 24.3 Å². The van der Waals surface area contributed by atoms with Gasteiger partial charge in [0.2, 0.25) is 0 Å². The Morgan fingerprint density at radius 3 is 2.73 bits per heavy atom. The van der Waals surface area contributed by atoms with Gasteiger partial charge in [-0.3, -0.25) is 4.79 Å². The number of carbonyl (C=O) groups excluding carboxylic acids is 1. The normalized spacial score (nSPS) is 12.8. The van der Waals surface area contributed by atoms with Gasteiger partial charge in [0.1, 0.15) is 12.4 Å². The van der Waals surface area contributed by atoms with Gasteiger partial charge in [-0.1, -0.05) is 12.1 Å². The van der Waals surface area contributed by atoms with E-state index in [1.807, 2.05) is 25.1 Å². The monoisotopic (exact) mass is 319 g/mol. The standard InChI is InChI=1S/C15H20F3NO3/c1-11-5-3-6-13(9-11)22-12(2)14(20)19-7-4-8-21-10-15(16,17)18/h3,5-6,9,12H,4,7-8,10H2,1-2H3,(H,19,20). The number of hydrogen-bond donors (Lipinski definition) is 1. The molecule has 0 bridgehead atoms. The van der Waals surface area contributed by atoms with E-state index in [4.69, 9.17) is 4.74 Å². The summed E-state index contributed by atoms with van der Waals surface area (Å²) in [5.41, 5.74) is 1.02. The molecule has 0 fully saturated rings. The van der Waals surface area contributed by atoms with E-state index < -0.39 is 18.9 Å². The predicted molar refractivity (Wildman–Crippen MR) is 75.8 cm³/mol. The zero-order valence-corrected chi connectivity index (χ0v) is 12.6. The van der Waals surface area contributed by atoms with Gasteiger partial charge in [-0.25, -0.2) is 0 Å². The molecule has 0 spiro atoms. The molecule has 0 saturated heterocycles. The van der Waals surface area contributed by atoms with Crippen molar-refractivity contribution in [2.75, 3.05) is 19.8 Å². The summed E-state index contributed by atoms with van der Waals surface area (Å²) in [5, 5.41) is 2.59. The molecule has 0 aliphatic carbocycles. The Bertz CT molecular complexity index is 477. The minimum atomic E-state index is -4.32. The van der Waals surface area contributed by atoms with Gasteiger partial charge in [-0.2, -0.15) is 13.2 Å². The van der Waals surface area contributed by atoms with Gasteiger partial charge in [-0.15, -0.1) is 0 Å². The first-order valence-electron chi connectivity index (χ1n) is 6.93. The second kappa shape index (κ2) is 8.63. The molecule has 1 N–H and O–H groups in total. The van der Waals surface area contributed by atoms with Crippen LogP contribution in [0.1, 0.15) is 18.9 Å². The van der Waals surface area contributed by atoms with Crippen molar-refractivity contribution in [3.63, 3.8) is 0 Å². The quantitative estimate of drug-likeness (QED) is 0.750. The van der Waals surface area contributed by atoms with Crippen molar-refractivity contribution in [1.29, 1.82) is 0 Å². The maximum atomic E-state index is 11.8. The number of hydrogen-bond acceptors (Lipinski definition) is 3.